The van der Waals surface area contributed by atoms with Crippen molar-refractivity contribution in [2.75, 3.05) is 11.9 Å². The molecule has 0 amide bonds. The number of nitrogens with zero attached hydrogens (tertiary/aromatic N) is 3. The number of nitrogens with one attached hydrogen (secondary N) is 1. The highest BCUT2D eigenvalue weighted by molar-refractivity contribution is 7.20. The molecule has 132 valence electrons. The van der Waals surface area contributed by atoms with Gasteiger partial charge in [0.15, 0.2) is 0 Å². The SMILES string of the molecule is CC(C)(C)c1cn2nc(N[C@H]3CCCOc4ccc(F)cc43)sc2n1. The zero-order valence-electron chi connectivity index (χ0n) is 14.5. The third-order valence-electron chi connectivity index (χ3n) is 4.35. The number of halogens is 1. The van der Waals surface area contributed by atoms with Gasteiger partial charge in [-0.05, 0) is 31.0 Å². The summed E-state index contributed by atoms with van der Waals surface area (Å²) in [5.41, 5.74) is 1.87. The van der Waals surface area contributed by atoms with Crippen LogP contribution < -0.4 is 10.1 Å². The third-order valence-corrected chi connectivity index (χ3v) is 5.21. The van der Waals surface area contributed by atoms with Crippen molar-refractivity contribution >= 4 is 21.4 Å². The van der Waals surface area contributed by atoms with Gasteiger partial charge in [-0.15, -0.1) is 5.10 Å². The van der Waals surface area contributed by atoms with Gasteiger partial charge in [-0.1, -0.05) is 32.1 Å². The normalized spacial score (nSPS) is 17.8. The number of rotatable bonds is 2. The Morgan fingerprint density at radius 1 is 1.36 bits per heavy atom. The topological polar surface area (TPSA) is 51.5 Å². The van der Waals surface area contributed by atoms with Crippen molar-refractivity contribution < 1.29 is 9.13 Å². The fourth-order valence-corrected chi connectivity index (χ4v) is 3.80. The molecule has 3 heterocycles. The van der Waals surface area contributed by atoms with E-state index in [9.17, 15) is 4.39 Å². The summed E-state index contributed by atoms with van der Waals surface area (Å²) in [7, 11) is 0. The fourth-order valence-electron chi connectivity index (χ4n) is 2.97. The summed E-state index contributed by atoms with van der Waals surface area (Å²) in [6, 6.07) is 4.67. The van der Waals surface area contributed by atoms with Gasteiger partial charge in [0.1, 0.15) is 11.6 Å². The highest BCUT2D eigenvalue weighted by atomic mass is 32.1. The third kappa shape index (κ3) is 3.20. The number of ether oxygens (including phenoxy) is 1. The van der Waals surface area contributed by atoms with E-state index in [-0.39, 0.29) is 17.3 Å². The van der Waals surface area contributed by atoms with Crippen LogP contribution in [0.3, 0.4) is 0 Å². The molecule has 0 fully saturated rings. The molecule has 5 nitrogen and oxygen atoms in total. The van der Waals surface area contributed by atoms with E-state index in [4.69, 9.17) is 4.74 Å². The predicted octanol–water partition coefficient (Wildman–Crippen LogP) is 4.55. The van der Waals surface area contributed by atoms with Crippen molar-refractivity contribution in [1.82, 2.24) is 14.6 Å². The lowest BCUT2D eigenvalue weighted by Crippen LogP contribution is -2.12. The first-order valence-electron chi connectivity index (χ1n) is 8.45. The maximum atomic E-state index is 13.7. The molecule has 0 saturated heterocycles. The quantitative estimate of drug-likeness (QED) is 0.728. The zero-order valence-corrected chi connectivity index (χ0v) is 15.4. The van der Waals surface area contributed by atoms with Crippen LogP contribution in [0.4, 0.5) is 9.52 Å². The lowest BCUT2D eigenvalue weighted by molar-refractivity contribution is 0.316. The van der Waals surface area contributed by atoms with E-state index in [2.05, 4.69) is 36.2 Å². The standard InChI is InChI=1S/C18H21FN4OS/c1-18(2,3)15-10-23-17(21-15)25-16(22-23)20-13-5-4-8-24-14-7-6-11(19)9-12(13)14/h6-7,9-10,13H,4-5,8H2,1-3H3,(H,20,22)/t13-/m0/s1. The lowest BCUT2D eigenvalue weighted by atomic mass is 9.93. The van der Waals surface area contributed by atoms with Gasteiger partial charge in [-0.2, -0.15) is 0 Å². The van der Waals surface area contributed by atoms with Gasteiger partial charge in [-0.3, -0.25) is 0 Å². The van der Waals surface area contributed by atoms with E-state index >= 15 is 0 Å². The summed E-state index contributed by atoms with van der Waals surface area (Å²) in [5, 5.41) is 8.81. The minimum atomic E-state index is -0.250. The average molecular weight is 360 g/mol. The van der Waals surface area contributed by atoms with Gasteiger partial charge in [0, 0.05) is 11.0 Å². The molecule has 0 saturated carbocycles. The molecule has 2 aromatic heterocycles. The molecule has 1 N–H and O–H groups in total. The molecule has 1 aliphatic rings. The molecule has 25 heavy (non-hydrogen) atoms. The number of anilines is 1. The molecule has 1 atom stereocenters. The molecule has 1 aromatic carbocycles. The van der Waals surface area contributed by atoms with Crippen molar-refractivity contribution in [3.8, 4) is 5.75 Å². The minimum Gasteiger partial charge on any atom is -0.493 e. The molecule has 1 aliphatic heterocycles. The molecule has 4 rings (SSSR count). The van der Waals surface area contributed by atoms with Crippen LogP contribution in [0.15, 0.2) is 24.4 Å². The molecule has 0 aliphatic carbocycles. The van der Waals surface area contributed by atoms with Crippen molar-refractivity contribution in [3.05, 3.63) is 41.5 Å². The van der Waals surface area contributed by atoms with Crippen LogP contribution >= 0.6 is 11.3 Å². The predicted molar refractivity (Wildman–Crippen MR) is 97.1 cm³/mol. The highest BCUT2D eigenvalue weighted by Gasteiger charge is 2.23. The van der Waals surface area contributed by atoms with Gasteiger partial charge in [-0.25, -0.2) is 13.9 Å². The Bertz CT molecular complexity index is 880. The van der Waals surface area contributed by atoms with Crippen molar-refractivity contribution in [2.45, 2.75) is 45.1 Å². The second-order valence-corrected chi connectivity index (χ2v) is 8.34. The van der Waals surface area contributed by atoms with Gasteiger partial charge in [0.05, 0.1) is 24.5 Å². The second kappa shape index (κ2) is 5.98. The van der Waals surface area contributed by atoms with Crippen LogP contribution in [0, 0.1) is 5.82 Å². The number of imidazole rings is 1. The van der Waals surface area contributed by atoms with Gasteiger partial charge in [0.2, 0.25) is 10.1 Å². The largest absolute Gasteiger partial charge is 0.493 e. The molecule has 0 unspecified atom stereocenters. The number of hydrogen-bond acceptors (Lipinski definition) is 5. The molecular formula is C18H21FN4OS. The van der Waals surface area contributed by atoms with Gasteiger partial charge in [0.25, 0.3) is 0 Å². The molecule has 0 radical (unpaired) electrons. The summed E-state index contributed by atoms with van der Waals surface area (Å²) in [6.07, 6.45) is 3.75. The zero-order chi connectivity index (χ0) is 17.6. The summed E-state index contributed by atoms with van der Waals surface area (Å²) in [5.74, 6) is 0.493. The second-order valence-electron chi connectivity index (χ2n) is 7.38. The van der Waals surface area contributed by atoms with E-state index in [0.29, 0.717) is 6.61 Å². The Balaban J connectivity index is 1.63. The van der Waals surface area contributed by atoms with Crippen molar-refractivity contribution in [1.29, 1.82) is 0 Å². The van der Waals surface area contributed by atoms with Crippen LogP contribution in [0.5, 0.6) is 5.75 Å². The monoisotopic (exact) mass is 360 g/mol. The first kappa shape index (κ1) is 16.3. The van der Waals surface area contributed by atoms with Crippen molar-refractivity contribution in [3.63, 3.8) is 0 Å². The van der Waals surface area contributed by atoms with Crippen LogP contribution in [-0.4, -0.2) is 21.2 Å². The maximum Gasteiger partial charge on any atom is 0.214 e. The Morgan fingerprint density at radius 2 is 2.20 bits per heavy atom. The number of aromatic nitrogens is 3. The van der Waals surface area contributed by atoms with E-state index in [1.165, 1.54) is 17.4 Å². The number of benzene rings is 1. The molecular weight excluding hydrogens is 339 g/mol. The minimum absolute atomic E-state index is 0.00386. The van der Waals surface area contributed by atoms with E-state index in [1.807, 2.05) is 10.7 Å². The summed E-state index contributed by atoms with van der Waals surface area (Å²) >= 11 is 1.51. The summed E-state index contributed by atoms with van der Waals surface area (Å²) < 4.78 is 21.2. The molecule has 7 heteroatoms. The van der Waals surface area contributed by atoms with E-state index in [1.54, 1.807) is 12.1 Å². The van der Waals surface area contributed by atoms with Crippen molar-refractivity contribution in [2.24, 2.45) is 0 Å². The Hall–Kier alpha value is -2.15. The first-order valence-corrected chi connectivity index (χ1v) is 9.27. The molecule has 0 bridgehead atoms. The molecule has 0 spiro atoms. The van der Waals surface area contributed by atoms with Crippen LogP contribution in [0.1, 0.15) is 50.9 Å². The van der Waals surface area contributed by atoms with E-state index in [0.717, 1.165) is 39.9 Å². The lowest BCUT2D eigenvalue weighted by Gasteiger charge is -2.17. The summed E-state index contributed by atoms with van der Waals surface area (Å²) in [4.78, 5) is 5.53. The van der Waals surface area contributed by atoms with Crippen LogP contribution in [0.2, 0.25) is 0 Å². The fraction of sp³-hybridized carbons (Fsp3) is 0.444. The maximum absolute atomic E-state index is 13.7. The van der Waals surface area contributed by atoms with E-state index < -0.39 is 0 Å². The van der Waals surface area contributed by atoms with Gasteiger partial charge < -0.3 is 10.1 Å². The van der Waals surface area contributed by atoms with Gasteiger partial charge >= 0.3 is 0 Å². The number of fused-ring (bicyclic) bond motifs is 2. The Kier molecular flexibility index (Phi) is 3.91. The molecule has 3 aromatic rings. The average Bonchev–Trinajstić information content (AvgIpc) is 3.03. The smallest absolute Gasteiger partial charge is 0.214 e. The summed E-state index contributed by atoms with van der Waals surface area (Å²) in [6.45, 7) is 7.05. The Labute approximate surface area is 149 Å². The number of hydrogen-bond donors (Lipinski definition) is 1. The highest BCUT2D eigenvalue weighted by Crippen LogP contribution is 2.35. The first-order chi connectivity index (χ1) is 11.9. The van der Waals surface area contributed by atoms with Crippen LogP contribution in [-0.2, 0) is 5.41 Å². The Morgan fingerprint density at radius 3 is 2.96 bits per heavy atom. The van der Waals surface area contributed by atoms with Crippen LogP contribution in [0.25, 0.3) is 4.96 Å².